The van der Waals surface area contributed by atoms with Crippen LogP contribution in [0.3, 0.4) is 0 Å². The first-order valence-electron chi connectivity index (χ1n) is 7.75. The average Bonchev–Trinajstić information content (AvgIpc) is 3.07. The second-order valence-corrected chi connectivity index (χ2v) is 5.29. The molecule has 0 amide bonds. The van der Waals surface area contributed by atoms with Crippen LogP contribution in [-0.4, -0.2) is 6.61 Å². The maximum Gasteiger partial charge on any atom is 0.124 e. The Morgan fingerprint density at radius 1 is 1.00 bits per heavy atom. The summed E-state index contributed by atoms with van der Waals surface area (Å²) in [7, 11) is 0. The van der Waals surface area contributed by atoms with Gasteiger partial charge in [-0.05, 0) is 35.4 Å². The van der Waals surface area contributed by atoms with Gasteiger partial charge < -0.3 is 14.5 Å². The molecule has 3 aromatic rings. The largest absolute Gasteiger partial charge is 0.493 e. The normalized spacial score (nSPS) is 11.0. The quantitative estimate of drug-likeness (QED) is 0.696. The van der Waals surface area contributed by atoms with Crippen LogP contribution >= 0.6 is 0 Å². The first kappa shape index (κ1) is 14.7. The molecule has 0 saturated carbocycles. The van der Waals surface area contributed by atoms with Gasteiger partial charge in [0.05, 0.1) is 19.4 Å². The Bertz CT molecular complexity index is 719. The van der Waals surface area contributed by atoms with E-state index in [1.165, 1.54) is 16.3 Å². The Morgan fingerprint density at radius 3 is 2.73 bits per heavy atom. The lowest BCUT2D eigenvalue weighted by Gasteiger charge is -2.14. The third kappa shape index (κ3) is 3.31. The zero-order chi connectivity index (χ0) is 15.2. The Kier molecular flexibility index (Phi) is 4.76. The topological polar surface area (TPSA) is 34.4 Å². The first-order chi connectivity index (χ1) is 10.9. The van der Waals surface area contributed by atoms with Crippen LogP contribution in [0.15, 0.2) is 59.2 Å². The second-order valence-electron chi connectivity index (χ2n) is 5.29. The Morgan fingerprint density at radius 2 is 1.91 bits per heavy atom. The zero-order valence-corrected chi connectivity index (χ0v) is 12.8. The highest BCUT2D eigenvalue weighted by Gasteiger charge is 2.09. The summed E-state index contributed by atoms with van der Waals surface area (Å²) in [6.07, 6.45) is 2.71. The van der Waals surface area contributed by atoms with Gasteiger partial charge in [0.25, 0.3) is 0 Å². The van der Waals surface area contributed by atoms with Gasteiger partial charge in [-0.3, -0.25) is 0 Å². The van der Waals surface area contributed by atoms with Crippen molar-refractivity contribution in [3.05, 3.63) is 66.1 Å². The SMILES string of the molecule is CCCOc1ccc2ccccc2c1CNCc1ccco1. The van der Waals surface area contributed by atoms with Crippen molar-refractivity contribution < 1.29 is 9.15 Å². The second kappa shape index (κ2) is 7.14. The van der Waals surface area contributed by atoms with Gasteiger partial charge >= 0.3 is 0 Å². The van der Waals surface area contributed by atoms with Crippen molar-refractivity contribution >= 4 is 10.8 Å². The predicted octanol–water partition coefficient (Wildman–Crippen LogP) is 4.51. The van der Waals surface area contributed by atoms with E-state index in [4.69, 9.17) is 9.15 Å². The molecule has 0 aliphatic rings. The molecule has 0 bridgehead atoms. The number of hydrogen-bond acceptors (Lipinski definition) is 3. The number of ether oxygens (including phenoxy) is 1. The molecule has 0 atom stereocenters. The molecule has 0 spiro atoms. The van der Waals surface area contributed by atoms with E-state index in [1.54, 1.807) is 6.26 Å². The number of fused-ring (bicyclic) bond motifs is 1. The Hall–Kier alpha value is -2.26. The molecule has 3 rings (SSSR count). The van der Waals surface area contributed by atoms with Crippen LogP contribution in [0.4, 0.5) is 0 Å². The van der Waals surface area contributed by atoms with E-state index in [-0.39, 0.29) is 0 Å². The number of furan rings is 1. The van der Waals surface area contributed by atoms with Gasteiger partial charge in [-0.25, -0.2) is 0 Å². The summed E-state index contributed by atoms with van der Waals surface area (Å²) in [6, 6.07) is 16.5. The van der Waals surface area contributed by atoms with Crippen LogP contribution < -0.4 is 10.1 Å². The molecule has 2 aromatic carbocycles. The highest BCUT2D eigenvalue weighted by atomic mass is 16.5. The van der Waals surface area contributed by atoms with E-state index in [2.05, 4.69) is 48.6 Å². The third-order valence-corrected chi connectivity index (χ3v) is 3.64. The minimum Gasteiger partial charge on any atom is -0.493 e. The Labute approximate surface area is 130 Å². The van der Waals surface area contributed by atoms with E-state index in [1.807, 2.05) is 12.1 Å². The van der Waals surface area contributed by atoms with Gasteiger partial charge in [-0.15, -0.1) is 0 Å². The Balaban J connectivity index is 1.83. The maximum absolute atomic E-state index is 5.92. The smallest absolute Gasteiger partial charge is 0.124 e. The summed E-state index contributed by atoms with van der Waals surface area (Å²) >= 11 is 0. The summed E-state index contributed by atoms with van der Waals surface area (Å²) in [6.45, 7) is 4.32. The lowest BCUT2D eigenvalue weighted by Crippen LogP contribution is -2.13. The maximum atomic E-state index is 5.92. The average molecular weight is 295 g/mol. The van der Waals surface area contributed by atoms with Gasteiger partial charge in [0.2, 0.25) is 0 Å². The molecule has 114 valence electrons. The summed E-state index contributed by atoms with van der Waals surface area (Å²) in [4.78, 5) is 0. The molecule has 22 heavy (non-hydrogen) atoms. The van der Waals surface area contributed by atoms with Crippen LogP contribution in [0.5, 0.6) is 5.75 Å². The molecule has 3 heteroatoms. The van der Waals surface area contributed by atoms with Gasteiger partial charge in [0.1, 0.15) is 11.5 Å². The van der Waals surface area contributed by atoms with E-state index in [0.717, 1.165) is 31.1 Å². The molecule has 3 nitrogen and oxygen atoms in total. The first-order valence-corrected chi connectivity index (χ1v) is 7.75. The van der Waals surface area contributed by atoms with E-state index in [0.29, 0.717) is 6.54 Å². The third-order valence-electron chi connectivity index (χ3n) is 3.64. The van der Waals surface area contributed by atoms with Gasteiger partial charge in [0, 0.05) is 12.1 Å². The molecule has 1 aromatic heterocycles. The van der Waals surface area contributed by atoms with Crippen LogP contribution in [-0.2, 0) is 13.1 Å². The molecule has 0 aliphatic heterocycles. The van der Waals surface area contributed by atoms with Crippen molar-refractivity contribution in [1.29, 1.82) is 0 Å². The van der Waals surface area contributed by atoms with Crippen LogP contribution in [0.1, 0.15) is 24.7 Å². The van der Waals surface area contributed by atoms with Gasteiger partial charge in [-0.2, -0.15) is 0 Å². The van der Waals surface area contributed by atoms with E-state index >= 15 is 0 Å². The van der Waals surface area contributed by atoms with Crippen molar-refractivity contribution in [2.24, 2.45) is 0 Å². The highest BCUT2D eigenvalue weighted by molar-refractivity contribution is 5.87. The summed E-state index contributed by atoms with van der Waals surface area (Å²) in [5, 5.41) is 5.92. The van der Waals surface area contributed by atoms with Crippen LogP contribution in [0.2, 0.25) is 0 Å². The molecular weight excluding hydrogens is 274 g/mol. The fourth-order valence-electron chi connectivity index (χ4n) is 2.57. The molecule has 0 unspecified atom stereocenters. The molecule has 0 fully saturated rings. The zero-order valence-electron chi connectivity index (χ0n) is 12.8. The number of benzene rings is 2. The molecule has 0 radical (unpaired) electrons. The minimum absolute atomic E-state index is 0.712. The summed E-state index contributed by atoms with van der Waals surface area (Å²) in [5.41, 5.74) is 1.21. The monoisotopic (exact) mass is 295 g/mol. The van der Waals surface area contributed by atoms with Crippen molar-refractivity contribution in [2.45, 2.75) is 26.4 Å². The van der Waals surface area contributed by atoms with Crippen LogP contribution in [0, 0.1) is 0 Å². The number of hydrogen-bond donors (Lipinski definition) is 1. The van der Waals surface area contributed by atoms with Crippen molar-refractivity contribution in [3.8, 4) is 5.75 Å². The lowest BCUT2D eigenvalue weighted by molar-refractivity contribution is 0.313. The molecule has 1 heterocycles. The van der Waals surface area contributed by atoms with Crippen LogP contribution in [0.25, 0.3) is 10.8 Å². The van der Waals surface area contributed by atoms with E-state index < -0.39 is 0 Å². The fourth-order valence-corrected chi connectivity index (χ4v) is 2.57. The predicted molar refractivity (Wildman–Crippen MR) is 89.0 cm³/mol. The van der Waals surface area contributed by atoms with Gasteiger partial charge in [-0.1, -0.05) is 37.3 Å². The standard InChI is InChI=1S/C19H21NO2/c1-2-11-22-19-10-9-15-6-3-4-8-17(15)18(19)14-20-13-16-7-5-12-21-16/h3-10,12,20H,2,11,13-14H2,1H3. The summed E-state index contributed by atoms with van der Waals surface area (Å²) in [5.74, 6) is 1.91. The van der Waals surface area contributed by atoms with E-state index in [9.17, 15) is 0 Å². The number of rotatable bonds is 7. The minimum atomic E-state index is 0.712. The highest BCUT2D eigenvalue weighted by Crippen LogP contribution is 2.28. The molecule has 0 saturated heterocycles. The molecule has 1 N–H and O–H groups in total. The van der Waals surface area contributed by atoms with Crippen molar-refractivity contribution in [2.75, 3.05) is 6.61 Å². The molecular formula is C19H21NO2. The van der Waals surface area contributed by atoms with Crippen molar-refractivity contribution in [3.63, 3.8) is 0 Å². The lowest BCUT2D eigenvalue weighted by atomic mass is 10.0. The fraction of sp³-hybridized carbons (Fsp3) is 0.263. The number of nitrogens with one attached hydrogen (secondary N) is 1. The van der Waals surface area contributed by atoms with Gasteiger partial charge in [0.15, 0.2) is 0 Å². The summed E-state index contributed by atoms with van der Waals surface area (Å²) < 4.78 is 11.3. The molecule has 0 aliphatic carbocycles. The van der Waals surface area contributed by atoms with Crippen molar-refractivity contribution in [1.82, 2.24) is 5.32 Å².